The molecular formula is C21H27ClN2O3S. The highest BCUT2D eigenvalue weighted by Crippen LogP contribution is 2.47. The second-order valence-corrected chi connectivity index (χ2v) is 10.9. The van der Waals surface area contributed by atoms with Crippen LogP contribution in [0.2, 0.25) is 5.02 Å². The highest BCUT2D eigenvalue weighted by molar-refractivity contribution is 7.90. The maximum absolute atomic E-state index is 11.4. The molecule has 1 saturated heterocycles. The minimum Gasteiger partial charge on any atom is -0.370 e. The molecule has 0 saturated carbocycles. The predicted octanol–water partition coefficient (Wildman–Crippen LogP) is 3.47. The molecule has 152 valence electrons. The normalized spacial score (nSPS) is 27.7. The molecule has 28 heavy (non-hydrogen) atoms. The van der Waals surface area contributed by atoms with Crippen molar-refractivity contribution in [1.82, 2.24) is 9.88 Å². The van der Waals surface area contributed by atoms with Crippen molar-refractivity contribution >= 4 is 21.4 Å². The van der Waals surface area contributed by atoms with E-state index in [1.54, 1.807) is 0 Å². The first-order valence-electron chi connectivity index (χ1n) is 9.76. The van der Waals surface area contributed by atoms with Gasteiger partial charge in [-0.2, -0.15) is 0 Å². The molecule has 1 aromatic heterocycles. The van der Waals surface area contributed by atoms with Crippen molar-refractivity contribution < 1.29 is 13.2 Å². The van der Waals surface area contributed by atoms with Crippen LogP contribution >= 0.6 is 11.6 Å². The molecule has 0 amide bonds. The number of aromatic nitrogens is 1. The summed E-state index contributed by atoms with van der Waals surface area (Å²) in [6, 6.07) is 8.68. The van der Waals surface area contributed by atoms with E-state index in [0.717, 1.165) is 36.5 Å². The molecule has 2 aliphatic rings. The summed E-state index contributed by atoms with van der Waals surface area (Å²) in [7, 11) is -2.98. The van der Waals surface area contributed by atoms with Gasteiger partial charge in [-0.1, -0.05) is 17.7 Å². The molecule has 1 N–H and O–H groups in total. The topological polar surface area (TPSA) is 60.3 Å². The summed E-state index contributed by atoms with van der Waals surface area (Å²) in [6.07, 6.45) is 7.94. The summed E-state index contributed by atoms with van der Waals surface area (Å²) >= 11 is 6.32. The van der Waals surface area contributed by atoms with Crippen LogP contribution in [0.5, 0.6) is 0 Å². The third kappa shape index (κ3) is 4.15. The first-order chi connectivity index (χ1) is 13.2. The Morgan fingerprint density at radius 1 is 1.32 bits per heavy atom. The van der Waals surface area contributed by atoms with Crippen LogP contribution in [0.1, 0.15) is 42.5 Å². The van der Waals surface area contributed by atoms with Gasteiger partial charge in [-0.05, 0) is 54.7 Å². The van der Waals surface area contributed by atoms with E-state index in [0.29, 0.717) is 12.6 Å². The number of aryl methyl sites for hydroxylation is 1. The zero-order chi connectivity index (χ0) is 19.9. The third-order valence-corrected chi connectivity index (χ3v) is 7.02. The van der Waals surface area contributed by atoms with E-state index in [-0.39, 0.29) is 17.4 Å². The average molecular weight is 423 g/mol. The number of halogens is 1. The Hall–Kier alpha value is -1.34. The zero-order valence-electron chi connectivity index (χ0n) is 16.3. The second kappa shape index (κ2) is 7.48. The molecule has 0 radical (unpaired) electrons. The van der Waals surface area contributed by atoms with Gasteiger partial charge in [-0.25, -0.2) is 8.42 Å². The Bertz CT molecular complexity index is 972. The lowest BCUT2D eigenvalue weighted by Crippen LogP contribution is -2.50. The van der Waals surface area contributed by atoms with Gasteiger partial charge in [0, 0.05) is 48.7 Å². The molecular weight excluding hydrogens is 396 g/mol. The van der Waals surface area contributed by atoms with Gasteiger partial charge < -0.3 is 14.6 Å². The first kappa shape index (κ1) is 20.0. The summed E-state index contributed by atoms with van der Waals surface area (Å²) in [5, 5.41) is 4.44. The Balaban J connectivity index is 1.60. The number of nitrogens with one attached hydrogen (secondary N) is 1. The number of fused-ring (bicyclic) bond motifs is 2. The molecule has 3 atom stereocenters. The molecule has 0 bridgehead atoms. The van der Waals surface area contributed by atoms with Gasteiger partial charge in [0.2, 0.25) is 0 Å². The van der Waals surface area contributed by atoms with Crippen molar-refractivity contribution in [3.8, 4) is 0 Å². The standard InChI is InChI=1S/C21H27ClN2O3S/c1-15-12-21(19-11-18(22)4-3-16(19)6-9-27-21)13-20(23-15)17-5-7-24(14-17)8-10-28(2,25)26/h3-5,7,11,14-15,20,23H,6,8-10,12-13H2,1-2H3/t15-,20-,21-/m0/s1. The summed E-state index contributed by atoms with van der Waals surface area (Å²) in [5.41, 5.74) is 3.38. The maximum atomic E-state index is 11.4. The van der Waals surface area contributed by atoms with E-state index in [1.165, 1.54) is 17.4 Å². The fraction of sp³-hybridized carbons (Fsp3) is 0.524. The number of hydrogen-bond donors (Lipinski definition) is 1. The van der Waals surface area contributed by atoms with Crippen molar-refractivity contribution in [3.05, 3.63) is 58.4 Å². The van der Waals surface area contributed by atoms with E-state index < -0.39 is 9.84 Å². The number of nitrogens with zero attached hydrogens (tertiary/aromatic N) is 1. The molecule has 1 aromatic carbocycles. The first-order valence-corrected chi connectivity index (χ1v) is 12.2. The van der Waals surface area contributed by atoms with Gasteiger partial charge in [0.1, 0.15) is 9.84 Å². The Kier molecular flexibility index (Phi) is 5.33. The van der Waals surface area contributed by atoms with Crippen molar-refractivity contribution in [3.63, 3.8) is 0 Å². The molecule has 1 fully saturated rings. The lowest BCUT2D eigenvalue weighted by Gasteiger charge is -2.47. The minimum atomic E-state index is -2.98. The highest BCUT2D eigenvalue weighted by atomic mass is 35.5. The van der Waals surface area contributed by atoms with Crippen molar-refractivity contribution in [2.45, 2.75) is 50.4 Å². The van der Waals surface area contributed by atoms with E-state index in [4.69, 9.17) is 16.3 Å². The SMILES string of the molecule is C[C@H]1C[C@@]2(C[C@@H](c3ccn(CCS(C)(=O)=O)c3)N1)OCCc1ccc(Cl)cc12. The fourth-order valence-corrected chi connectivity index (χ4v) is 5.34. The van der Waals surface area contributed by atoms with Gasteiger partial charge in [0.15, 0.2) is 0 Å². The number of hydrogen-bond acceptors (Lipinski definition) is 4. The predicted molar refractivity (Wildman–Crippen MR) is 112 cm³/mol. The van der Waals surface area contributed by atoms with Crippen LogP contribution in [0.4, 0.5) is 0 Å². The molecule has 5 nitrogen and oxygen atoms in total. The number of benzene rings is 1. The molecule has 1 spiro atoms. The van der Waals surface area contributed by atoms with E-state index in [9.17, 15) is 8.42 Å². The van der Waals surface area contributed by atoms with Crippen LogP contribution < -0.4 is 5.32 Å². The average Bonchev–Trinajstić information content (AvgIpc) is 3.09. The van der Waals surface area contributed by atoms with Crippen LogP contribution in [-0.4, -0.2) is 37.6 Å². The summed E-state index contributed by atoms with van der Waals surface area (Å²) in [6.45, 7) is 3.39. The fourth-order valence-electron chi connectivity index (χ4n) is 4.62. The number of sulfone groups is 1. The molecule has 0 aliphatic carbocycles. The Labute approximate surface area is 172 Å². The van der Waals surface area contributed by atoms with Gasteiger partial charge in [0.05, 0.1) is 18.0 Å². The lowest BCUT2D eigenvalue weighted by molar-refractivity contribution is -0.0983. The largest absolute Gasteiger partial charge is 0.370 e. The van der Waals surface area contributed by atoms with Gasteiger partial charge in [-0.3, -0.25) is 0 Å². The molecule has 3 heterocycles. The molecule has 4 rings (SSSR count). The number of piperidine rings is 1. The van der Waals surface area contributed by atoms with Crippen molar-refractivity contribution in [2.75, 3.05) is 18.6 Å². The highest BCUT2D eigenvalue weighted by Gasteiger charge is 2.44. The second-order valence-electron chi connectivity index (χ2n) is 8.24. The van der Waals surface area contributed by atoms with Gasteiger partial charge >= 0.3 is 0 Å². The van der Waals surface area contributed by atoms with E-state index in [2.05, 4.69) is 36.6 Å². The quantitative estimate of drug-likeness (QED) is 0.819. The summed E-state index contributed by atoms with van der Waals surface area (Å²) < 4.78 is 31.3. The Morgan fingerprint density at radius 3 is 2.93 bits per heavy atom. The van der Waals surface area contributed by atoms with Crippen LogP contribution in [0.25, 0.3) is 0 Å². The molecule has 7 heteroatoms. The van der Waals surface area contributed by atoms with Crippen LogP contribution in [-0.2, 0) is 33.1 Å². The lowest BCUT2D eigenvalue weighted by atomic mass is 9.74. The zero-order valence-corrected chi connectivity index (χ0v) is 17.9. The molecule has 2 aliphatic heterocycles. The molecule has 2 aromatic rings. The van der Waals surface area contributed by atoms with Crippen LogP contribution in [0.15, 0.2) is 36.7 Å². The summed E-state index contributed by atoms with van der Waals surface area (Å²) in [5.74, 6) is 0.147. The van der Waals surface area contributed by atoms with E-state index >= 15 is 0 Å². The summed E-state index contributed by atoms with van der Waals surface area (Å²) in [4.78, 5) is 0. The smallest absolute Gasteiger partial charge is 0.149 e. The van der Waals surface area contributed by atoms with E-state index in [1.807, 2.05) is 16.8 Å². The van der Waals surface area contributed by atoms with Crippen LogP contribution in [0, 0.1) is 0 Å². The molecule has 0 unspecified atom stereocenters. The van der Waals surface area contributed by atoms with Crippen molar-refractivity contribution in [2.24, 2.45) is 0 Å². The Morgan fingerprint density at radius 2 is 2.14 bits per heavy atom. The monoisotopic (exact) mass is 422 g/mol. The third-order valence-electron chi connectivity index (χ3n) is 5.86. The van der Waals surface area contributed by atoms with Crippen molar-refractivity contribution in [1.29, 1.82) is 0 Å². The van der Waals surface area contributed by atoms with Gasteiger partial charge in [0.25, 0.3) is 0 Å². The maximum Gasteiger partial charge on any atom is 0.149 e. The minimum absolute atomic E-state index is 0.146. The number of ether oxygens (including phenoxy) is 1. The number of rotatable bonds is 4. The van der Waals surface area contributed by atoms with Gasteiger partial charge in [-0.15, -0.1) is 0 Å². The van der Waals surface area contributed by atoms with Crippen LogP contribution in [0.3, 0.4) is 0 Å².